The monoisotopic (exact) mass is 425 g/mol. The summed E-state index contributed by atoms with van der Waals surface area (Å²) in [6, 6.07) is 13.9. The second-order valence-electron chi connectivity index (χ2n) is 6.45. The first kappa shape index (κ1) is 21.5. The molecular weight excluding hydrogens is 405 g/mol. The van der Waals surface area contributed by atoms with Gasteiger partial charge in [0.2, 0.25) is 5.43 Å². The molecule has 0 bridgehead atoms. The van der Waals surface area contributed by atoms with E-state index in [0.29, 0.717) is 17.1 Å². The molecule has 3 N–H and O–H groups in total. The van der Waals surface area contributed by atoms with Crippen molar-refractivity contribution in [3.05, 3.63) is 82.0 Å². The molecule has 2 aromatic carbocycles. The van der Waals surface area contributed by atoms with Gasteiger partial charge >= 0.3 is 0 Å². The lowest BCUT2D eigenvalue weighted by Crippen LogP contribution is -2.46. The average molecular weight is 425 g/mol. The van der Waals surface area contributed by atoms with Crippen LogP contribution in [0.15, 0.2) is 59.4 Å². The topological polar surface area (TPSA) is 114 Å². The number of anilines is 1. The van der Waals surface area contributed by atoms with Crippen molar-refractivity contribution in [2.75, 3.05) is 19.0 Å². The molecule has 0 saturated heterocycles. The molecule has 160 valence electrons. The molecule has 2 amide bonds. The Morgan fingerprint density at radius 3 is 2.48 bits per heavy atom. The molecule has 0 aliphatic carbocycles. The second kappa shape index (κ2) is 9.53. The Morgan fingerprint density at radius 1 is 1.10 bits per heavy atom. The van der Waals surface area contributed by atoms with Crippen molar-refractivity contribution in [1.29, 1.82) is 0 Å². The maximum absolute atomic E-state index is 14.1. The number of carbonyl (C=O) groups is 2. The van der Waals surface area contributed by atoms with Gasteiger partial charge in [-0.05, 0) is 43.3 Å². The minimum absolute atomic E-state index is 0.0850. The summed E-state index contributed by atoms with van der Waals surface area (Å²) in [5.41, 5.74) is 4.30. The fourth-order valence-electron chi connectivity index (χ4n) is 2.69. The Kier molecular flexibility index (Phi) is 6.61. The van der Waals surface area contributed by atoms with Crippen LogP contribution in [-0.2, 0) is 4.79 Å². The highest BCUT2D eigenvalue weighted by Crippen LogP contribution is 2.15. The first-order valence-electron chi connectivity index (χ1n) is 9.22. The summed E-state index contributed by atoms with van der Waals surface area (Å²) in [6.45, 7) is 1.43. The maximum atomic E-state index is 14.1. The van der Waals surface area contributed by atoms with E-state index in [9.17, 15) is 18.8 Å². The number of carbonyl (C=O) groups excluding carboxylic acids is 2. The van der Waals surface area contributed by atoms with E-state index in [1.165, 1.54) is 24.3 Å². The number of nitrogens with one attached hydrogen (secondary N) is 3. The Labute approximate surface area is 176 Å². The van der Waals surface area contributed by atoms with E-state index in [0.717, 1.165) is 4.68 Å². The third-order valence-corrected chi connectivity index (χ3v) is 4.26. The van der Waals surface area contributed by atoms with Crippen LogP contribution in [-0.4, -0.2) is 35.2 Å². The van der Waals surface area contributed by atoms with Gasteiger partial charge in [0.1, 0.15) is 17.3 Å². The fourth-order valence-corrected chi connectivity index (χ4v) is 2.69. The Hall–Kier alpha value is -4.21. The van der Waals surface area contributed by atoms with E-state index in [-0.39, 0.29) is 12.2 Å². The number of amides is 2. The molecule has 3 aromatic rings. The number of rotatable bonds is 6. The number of halogens is 1. The van der Waals surface area contributed by atoms with Crippen molar-refractivity contribution in [2.24, 2.45) is 0 Å². The summed E-state index contributed by atoms with van der Waals surface area (Å²) >= 11 is 0. The van der Waals surface area contributed by atoms with Crippen molar-refractivity contribution >= 4 is 17.5 Å². The number of methoxy groups -OCH3 is 1. The summed E-state index contributed by atoms with van der Waals surface area (Å²) in [5, 5.41) is 6.84. The summed E-state index contributed by atoms with van der Waals surface area (Å²) in [6.07, 6.45) is 0. The third-order valence-electron chi connectivity index (χ3n) is 4.26. The molecule has 3 rings (SSSR count). The van der Waals surface area contributed by atoms with Crippen LogP contribution in [0.25, 0.3) is 5.69 Å². The highest BCUT2D eigenvalue weighted by Gasteiger charge is 2.17. The standard InChI is InChI=1S/C21H20FN5O4/c1-13-11-18(28)20(26-27(13)17-6-4-3-5-16(17)22)21(30)25-24-19(29)12-23-14-7-9-15(31-2)10-8-14/h3-11,23H,12H2,1-2H3,(H,24,29)(H,25,30). The predicted octanol–water partition coefficient (Wildman–Crippen LogP) is 1.56. The second-order valence-corrected chi connectivity index (χ2v) is 6.45. The van der Waals surface area contributed by atoms with E-state index < -0.39 is 28.8 Å². The van der Waals surface area contributed by atoms with Gasteiger partial charge in [-0.15, -0.1) is 0 Å². The van der Waals surface area contributed by atoms with Crippen molar-refractivity contribution in [3.8, 4) is 11.4 Å². The molecule has 0 radical (unpaired) electrons. The number of hydrogen-bond donors (Lipinski definition) is 3. The molecule has 0 aliphatic rings. The number of nitrogens with zero attached hydrogens (tertiary/aromatic N) is 2. The first-order chi connectivity index (χ1) is 14.9. The molecular formula is C21H20FN5O4. The summed E-state index contributed by atoms with van der Waals surface area (Å²) in [4.78, 5) is 36.5. The zero-order valence-electron chi connectivity index (χ0n) is 16.8. The SMILES string of the molecule is COc1ccc(NCC(=O)NNC(=O)c2nn(-c3ccccc3F)c(C)cc2=O)cc1. The van der Waals surface area contributed by atoms with E-state index in [1.54, 1.807) is 44.4 Å². The fraction of sp³-hybridized carbons (Fsp3) is 0.143. The normalized spacial score (nSPS) is 10.3. The molecule has 9 nitrogen and oxygen atoms in total. The van der Waals surface area contributed by atoms with Crippen LogP contribution in [0.4, 0.5) is 10.1 Å². The maximum Gasteiger partial charge on any atom is 0.294 e. The number of aryl methyl sites for hydroxylation is 1. The number of hydrazine groups is 1. The lowest BCUT2D eigenvalue weighted by molar-refractivity contribution is -0.120. The van der Waals surface area contributed by atoms with E-state index in [4.69, 9.17) is 4.74 Å². The van der Waals surface area contributed by atoms with E-state index >= 15 is 0 Å². The van der Waals surface area contributed by atoms with E-state index in [1.807, 2.05) is 0 Å². The molecule has 0 spiro atoms. The Morgan fingerprint density at radius 2 is 1.81 bits per heavy atom. The van der Waals surface area contributed by atoms with Gasteiger partial charge in [0, 0.05) is 17.4 Å². The van der Waals surface area contributed by atoms with Crippen LogP contribution in [0.3, 0.4) is 0 Å². The molecule has 10 heteroatoms. The molecule has 0 saturated carbocycles. The molecule has 31 heavy (non-hydrogen) atoms. The van der Waals surface area contributed by atoms with Gasteiger partial charge in [0.05, 0.1) is 13.7 Å². The lowest BCUT2D eigenvalue weighted by Gasteiger charge is -2.12. The lowest BCUT2D eigenvalue weighted by atomic mass is 10.2. The summed E-state index contributed by atoms with van der Waals surface area (Å²) < 4.78 is 20.3. The van der Waals surface area contributed by atoms with Gasteiger partial charge in [-0.1, -0.05) is 12.1 Å². The van der Waals surface area contributed by atoms with Crippen LogP contribution in [0.2, 0.25) is 0 Å². The molecule has 0 atom stereocenters. The summed E-state index contributed by atoms with van der Waals surface area (Å²) in [5.74, 6) is -1.36. The molecule has 1 aromatic heterocycles. The molecule has 0 fully saturated rings. The van der Waals surface area contributed by atoms with Crippen molar-refractivity contribution in [3.63, 3.8) is 0 Å². The number of benzene rings is 2. The number of para-hydroxylation sites is 1. The van der Waals surface area contributed by atoms with Gasteiger partial charge in [0.25, 0.3) is 11.8 Å². The van der Waals surface area contributed by atoms with Crippen molar-refractivity contribution in [1.82, 2.24) is 20.6 Å². The predicted molar refractivity (Wildman–Crippen MR) is 112 cm³/mol. The zero-order chi connectivity index (χ0) is 22.4. The molecule has 0 unspecified atom stereocenters. The van der Waals surface area contributed by atoms with Crippen LogP contribution < -0.4 is 26.3 Å². The van der Waals surface area contributed by atoms with Crippen LogP contribution in [0.5, 0.6) is 5.75 Å². The molecule has 1 heterocycles. The van der Waals surface area contributed by atoms with Gasteiger partial charge < -0.3 is 10.1 Å². The highest BCUT2D eigenvalue weighted by molar-refractivity contribution is 5.93. The van der Waals surface area contributed by atoms with Gasteiger partial charge in [-0.3, -0.25) is 25.2 Å². The van der Waals surface area contributed by atoms with Crippen LogP contribution in [0, 0.1) is 12.7 Å². The average Bonchev–Trinajstić information content (AvgIpc) is 2.77. The number of aromatic nitrogens is 2. The van der Waals surface area contributed by atoms with Gasteiger partial charge in [-0.2, -0.15) is 5.10 Å². The van der Waals surface area contributed by atoms with Gasteiger partial charge in [0.15, 0.2) is 5.69 Å². The minimum Gasteiger partial charge on any atom is -0.497 e. The molecule has 0 aliphatic heterocycles. The minimum atomic E-state index is -0.923. The quantitative estimate of drug-likeness (QED) is 0.517. The van der Waals surface area contributed by atoms with Crippen molar-refractivity contribution in [2.45, 2.75) is 6.92 Å². The Balaban J connectivity index is 1.64. The number of ether oxygens (including phenoxy) is 1. The van der Waals surface area contributed by atoms with Crippen LogP contribution in [0.1, 0.15) is 16.2 Å². The van der Waals surface area contributed by atoms with E-state index in [2.05, 4.69) is 21.3 Å². The smallest absolute Gasteiger partial charge is 0.294 e. The summed E-state index contributed by atoms with van der Waals surface area (Å²) in [7, 11) is 1.55. The first-order valence-corrected chi connectivity index (χ1v) is 9.22. The largest absolute Gasteiger partial charge is 0.497 e. The highest BCUT2D eigenvalue weighted by atomic mass is 19.1. The zero-order valence-corrected chi connectivity index (χ0v) is 16.8. The number of hydrogen-bond acceptors (Lipinski definition) is 6. The van der Waals surface area contributed by atoms with Gasteiger partial charge in [-0.25, -0.2) is 9.07 Å². The van der Waals surface area contributed by atoms with Crippen LogP contribution >= 0.6 is 0 Å². The van der Waals surface area contributed by atoms with Crippen molar-refractivity contribution < 1.29 is 18.7 Å². The third kappa shape index (κ3) is 5.24. The Bertz CT molecular complexity index is 1160.